The fourth-order valence-corrected chi connectivity index (χ4v) is 3.19. The lowest BCUT2D eigenvalue weighted by Gasteiger charge is -2.36. The van der Waals surface area contributed by atoms with Crippen LogP contribution in [0.4, 0.5) is 11.4 Å². The van der Waals surface area contributed by atoms with Gasteiger partial charge in [-0.25, -0.2) is 0 Å². The molecule has 28 heavy (non-hydrogen) atoms. The van der Waals surface area contributed by atoms with Crippen molar-refractivity contribution in [3.63, 3.8) is 0 Å². The molecule has 8 nitrogen and oxygen atoms in total. The molecule has 1 N–H and O–H groups in total. The zero-order valence-corrected chi connectivity index (χ0v) is 15.9. The number of benzene rings is 2. The predicted octanol–water partition coefficient (Wildman–Crippen LogP) is 2.17. The highest BCUT2D eigenvalue weighted by molar-refractivity contribution is 5.49. The smallest absolute Gasteiger partial charge is 0.269 e. The zero-order chi connectivity index (χ0) is 19.9. The van der Waals surface area contributed by atoms with Gasteiger partial charge < -0.3 is 19.5 Å². The molecule has 1 saturated heterocycles. The molecule has 0 saturated carbocycles. The number of aliphatic hydroxyl groups is 1. The molecule has 8 heteroatoms. The molecule has 0 aliphatic carbocycles. The van der Waals surface area contributed by atoms with Crippen molar-refractivity contribution >= 4 is 11.4 Å². The highest BCUT2D eigenvalue weighted by Gasteiger charge is 2.20. The van der Waals surface area contributed by atoms with Crippen LogP contribution in [-0.2, 0) is 0 Å². The van der Waals surface area contributed by atoms with E-state index in [9.17, 15) is 15.2 Å². The fraction of sp³-hybridized carbons (Fsp3) is 0.400. The van der Waals surface area contributed by atoms with Gasteiger partial charge in [-0.1, -0.05) is 0 Å². The van der Waals surface area contributed by atoms with Crippen LogP contribution >= 0.6 is 0 Å². The van der Waals surface area contributed by atoms with Crippen molar-refractivity contribution in [3.8, 4) is 11.5 Å². The predicted molar refractivity (Wildman–Crippen MR) is 106 cm³/mol. The molecule has 0 radical (unpaired) electrons. The maximum absolute atomic E-state index is 10.7. The van der Waals surface area contributed by atoms with E-state index in [1.54, 1.807) is 19.2 Å². The molecule has 3 rings (SSSR count). The molecule has 0 aromatic heterocycles. The molecule has 0 amide bonds. The molecule has 150 valence electrons. The van der Waals surface area contributed by atoms with E-state index in [1.807, 2.05) is 12.1 Å². The van der Waals surface area contributed by atoms with Crippen LogP contribution < -0.4 is 14.4 Å². The van der Waals surface area contributed by atoms with Crippen LogP contribution in [-0.4, -0.2) is 67.5 Å². The Morgan fingerprint density at radius 2 is 1.64 bits per heavy atom. The third-order valence-corrected chi connectivity index (χ3v) is 4.77. The zero-order valence-electron chi connectivity index (χ0n) is 15.9. The molecule has 1 atom stereocenters. The number of hydrogen-bond donors (Lipinski definition) is 1. The normalized spacial score (nSPS) is 15.9. The summed E-state index contributed by atoms with van der Waals surface area (Å²) in [5, 5.41) is 20.9. The molecular formula is C20H25N3O5. The summed E-state index contributed by atoms with van der Waals surface area (Å²) in [6.07, 6.45) is -0.622. The Morgan fingerprint density at radius 3 is 2.21 bits per heavy atom. The third-order valence-electron chi connectivity index (χ3n) is 4.77. The lowest BCUT2D eigenvalue weighted by atomic mass is 10.2. The quantitative estimate of drug-likeness (QED) is 0.548. The van der Waals surface area contributed by atoms with Gasteiger partial charge in [0.2, 0.25) is 0 Å². The average molecular weight is 387 g/mol. The van der Waals surface area contributed by atoms with Crippen molar-refractivity contribution in [3.05, 3.63) is 58.6 Å². The largest absolute Gasteiger partial charge is 0.497 e. The molecule has 0 spiro atoms. The molecular weight excluding hydrogens is 362 g/mol. The maximum atomic E-state index is 10.7. The van der Waals surface area contributed by atoms with Gasteiger partial charge in [0.15, 0.2) is 0 Å². The number of aliphatic hydroxyl groups excluding tert-OH is 1. The number of nitrogens with zero attached hydrogens (tertiary/aromatic N) is 3. The topological polar surface area (TPSA) is 88.3 Å². The number of piperazine rings is 1. The van der Waals surface area contributed by atoms with Crippen LogP contribution in [0.25, 0.3) is 0 Å². The van der Waals surface area contributed by atoms with E-state index in [4.69, 9.17) is 9.47 Å². The number of hydrogen-bond acceptors (Lipinski definition) is 7. The maximum Gasteiger partial charge on any atom is 0.269 e. The van der Waals surface area contributed by atoms with E-state index < -0.39 is 11.0 Å². The van der Waals surface area contributed by atoms with E-state index in [1.165, 1.54) is 17.8 Å². The van der Waals surface area contributed by atoms with Gasteiger partial charge in [0, 0.05) is 50.5 Å². The molecule has 0 bridgehead atoms. The van der Waals surface area contributed by atoms with Crippen molar-refractivity contribution in [1.29, 1.82) is 0 Å². The number of β-amino-alcohol motifs (C(OH)–C–C–N with tert-alkyl or cyclic N) is 1. The highest BCUT2D eigenvalue weighted by Crippen LogP contribution is 2.21. The van der Waals surface area contributed by atoms with E-state index in [2.05, 4.69) is 21.9 Å². The summed E-state index contributed by atoms with van der Waals surface area (Å²) >= 11 is 0. The number of non-ortho nitro benzene ring substituents is 1. The van der Waals surface area contributed by atoms with Crippen molar-refractivity contribution in [1.82, 2.24) is 4.90 Å². The Balaban J connectivity index is 1.40. The molecule has 1 fully saturated rings. The van der Waals surface area contributed by atoms with Crippen molar-refractivity contribution in [2.75, 3.05) is 51.3 Å². The first-order chi connectivity index (χ1) is 13.5. The number of anilines is 1. The summed E-state index contributed by atoms with van der Waals surface area (Å²) in [5.41, 5.74) is 1.19. The fourth-order valence-electron chi connectivity index (χ4n) is 3.19. The summed E-state index contributed by atoms with van der Waals surface area (Å²) in [5.74, 6) is 1.35. The average Bonchev–Trinajstić information content (AvgIpc) is 2.73. The van der Waals surface area contributed by atoms with Crippen molar-refractivity contribution in [2.24, 2.45) is 0 Å². The Kier molecular flexibility index (Phi) is 6.67. The van der Waals surface area contributed by atoms with Gasteiger partial charge in [-0.2, -0.15) is 0 Å². The second-order valence-electron chi connectivity index (χ2n) is 6.70. The molecule has 0 unspecified atom stereocenters. The molecule has 1 heterocycles. The third kappa shape index (κ3) is 5.34. The van der Waals surface area contributed by atoms with E-state index in [0.29, 0.717) is 12.3 Å². The first-order valence-electron chi connectivity index (χ1n) is 9.22. The van der Waals surface area contributed by atoms with Crippen LogP contribution in [0.5, 0.6) is 11.5 Å². The summed E-state index contributed by atoms with van der Waals surface area (Å²) < 4.78 is 10.7. The number of nitro groups is 1. The number of nitro benzene ring substituents is 1. The molecule has 1 aliphatic rings. The summed E-state index contributed by atoms with van der Waals surface area (Å²) in [6.45, 7) is 4.19. The summed E-state index contributed by atoms with van der Waals surface area (Å²) in [7, 11) is 1.66. The minimum atomic E-state index is -0.622. The number of methoxy groups -OCH3 is 1. The standard InChI is InChI=1S/C20H25N3O5/c1-27-19-6-2-16(3-7-19)22-12-10-21(11-13-22)14-18(24)15-28-20-8-4-17(5-9-20)23(25)26/h2-9,18,24H,10-15H2,1H3/t18-/m0/s1. The summed E-state index contributed by atoms with van der Waals surface area (Å²) in [6, 6.07) is 13.9. The van der Waals surface area contributed by atoms with Gasteiger partial charge in [0.05, 0.1) is 12.0 Å². The second kappa shape index (κ2) is 9.38. The number of rotatable bonds is 8. The summed E-state index contributed by atoms with van der Waals surface area (Å²) in [4.78, 5) is 14.7. The lowest BCUT2D eigenvalue weighted by Crippen LogP contribution is -2.49. The van der Waals surface area contributed by atoms with Crippen LogP contribution in [0.2, 0.25) is 0 Å². The van der Waals surface area contributed by atoms with Gasteiger partial charge >= 0.3 is 0 Å². The first-order valence-corrected chi connectivity index (χ1v) is 9.22. The van der Waals surface area contributed by atoms with E-state index >= 15 is 0 Å². The Labute approximate surface area is 164 Å². The van der Waals surface area contributed by atoms with E-state index in [-0.39, 0.29) is 12.3 Å². The number of ether oxygens (including phenoxy) is 2. The van der Waals surface area contributed by atoms with Crippen molar-refractivity contribution in [2.45, 2.75) is 6.10 Å². The molecule has 2 aromatic rings. The lowest BCUT2D eigenvalue weighted by molar-refractivity contribution is -0.384. The van der Waals surface area contributed by atoms with Gasteiger partial charge in [-0.15, -0.1) is 0 Å². The first kappa shape index (κ1) is 19.9. The van der Waals surface area contributed by atoms with Crippen molar-refractivity contribution < 1.29 is 19.5 Å². The van der Waals surface area contributed by atoms with Gasteiger partial charge in [0.1, 0.15) is 24.2 Å². The monoisotopic (exact) mass is 387 g/mol. The van der Waals surface area contributed by atoms with Gasteiger partial charge in [0.25, 0.3) is 5.69 Å². The van der Waals surface area contributed by atoms with E-state index in [0.717, 1.165) is 31.9 Å². The Morgan fingerprint density at radius 1 is 1.04 bits per heavy atom. The van der Waals surface area contributed by atoms with Crippen LogP contribution in [0.3, 0.4) is 0 Å². The SMILES string of the molecule is COc1ccc(N2CCN(C[C@H](O)COc3ccc([N+](=O)[O-])cc3)CC2)cc1. The molecule has 1 aliphatic heterocycles. The second-order valence-corrected chi connectivity index (χ2v) is 6.70. The van der Waals surface area contributed by atoms with Crippen LogP contribution in [0.15, 0.2) is 48.5 Å². The highest BCUT2D eigenvalue weighted by atomic mass is 16.6. The minimum Gasteiger partial charge on any atom is -0.497 e. The van der Waals surface area contributed by atoms with Crippen LogP contribution in [0.1, 0.15) is 0 Å². The minimum absolute atomic E-state index is 0.0163. The van der Waals surface area contributed by atoms with Gasteiger partial charge in [-0.3, -0.25) is 15.0 Å². The molecule has 2 aromatic carbocycles. The Hall–Kier alpha value is -2.84. The van der Waals surface area contributed by atoms with Crippen LogP contribution in [0, 0.1) is 10.1 Å². The Bertz CT molecular complexity index is 758. The van der Waals surface area contributed by atoms with Gasteiger partial charge in [-0.05, 0) is 36.4 Å².